The average Bonchev–Trinajstić information content (AvgIpc) is 3.03. The highest BCUT2D eigenvalue weighted by atomic mass is 32.1. The molecule has 0 aliphatic carbocycles. The molecule has 3 heterocycles. The third kappa shape index (κ3) is 3.92. The summed E-state index contributed by atoms with van der Waals surface area (Å²) in [5.74, 6) is 1.94. The second-order valence-electron chi connectivity index (χ2n) is 5.36. The van der Waals surface area contributed by atoms with Gasteiger partial charge < -0.3 is 14.4 Å². The Balaban J connectivity index is 1.54. The monoisotopic (exact) mass is 320 g/mol. The van der Waals surface area contributed by atoms with Crippen LogP contribution in [0.1, 0.15) is 18.7 Å². The summed E-state index contributed by atoms with van der Waals surface area (Å²) in [7, 11) is 1.66. The number of anilines is 1. The van der Waals surface area contributed by atoms with Gasteiger partial charge in [0.15, 0.2) is 5.82 Å². The van der Waals surface area contributed by atoms with Gasteiger partial charge in [0.2, 0.25) is 11.0 Å². The average molecular weight is 320 g/mol. The predicted molar refractivity (Wildman–Crippen MR) is 85.3 cm³/mol. The maximum atomic E-state index is 5.78. The Labute approximate surface area is 134 Å². The molecule has 1 aliphatic rings. The molecule has 2 aromatic heterocycles. The SMILES string of the molecule is COCc1nsc(N2CCCC(COc3ccccn3)C2)n1. The van der Waals surface area contributed by atoms with Crippen molar-refractivity contribution in [3.63, 3.8) is 0 Å². The lowest BCUT2D eigenvalue weighted by Gasteiger charge is -2.31. The van der Waals surface area contributed by atoms with Gasteiger partial charge >= 0.3 is 0 Å². The molecule has 6 nitrogen and oxygen atoms in total. The number of aromatic nitrogens is 3. The summed E-state index contributed by atoms with van der Waals surface area (Å²) in [5.41, 5.74) is 0. The molecule has 3 rings (SSSR count). The highest BCUT2D eigenvalue weighted by Crippen LogP contribution is 2.25. The normalized spacial score (nSPS) is 18.4. The molecule has 1 saturated heterocycles. The van der Waals surface area contributed by atoms with Gasteiger partial charge in [-0.3, -0.25) is 0 Å². The third-order valence-electron chi connectivity index (χ3n) is 3.62. The molecule has 7 heteroatoms. The highest BCUT2D eigenvalue weighted by molar-refractivity contribution is 7.09. The minimum absolute atomic E-state index is 0.469. The molecule has 0 saturated carbocycles. The number of rotatable bonds is 6. The van der Waals surface area contributed by atoms with Crippen molar-refractivity contribution in [2.45, 2.75) is 19.4 Å². The molecule has 0 spiro atoms. The Morgan fingerprint density at radius 2 is 2.36 bits per heavy atom. The number of piperidine rings is 1. The van der Waals surface area contributed by atoms with Crippen molar-refractivity contribution in [2.75, 3.05) is 31.7 Å². The Morgan fingerprint density at radius 3 is 3.18 bits per heavy atom. The summed E-state index contributed by atoms with van der Waals surface area (Å²) in [6.07, 6.45) is 4.07. The van der Waals surface area contributed by atoms with Crippen LogP contribution >= 0.6 is 11.5 Å². The summed E-state index contributed by atoms with van der Waals surface area (Å²) >= 11 is 1.44. The smallest absolute Gasteiger partial charge is 0.213 e. The van der Waals surface area contributed by atoms with E-state index in [1.165, 1.54) is 18.0 Å². The molecular weight excluding hydrogens is 300 g/mol. The van der Waals surface area contributed by atoms with E-state index >= 15 is 0 Å². The van der Waals surface area contributed by atoms with Crippen molar-refractivity contribution >= 4 is 16.7 Å². The molecule has 0 amide bonds. The number of nitrogens with zero attached hydrogens (tertiary/aromatic N) is 4. The van der Waals surface area contributed by atoms with Gasteiger partial charge in [-0.25, -0.2) is 9.97 Å². The fraction of sp³-hybridized carbons (Fsp3) is 0.533. The van der Waals surface area contributed by atoms with Crippen LogP contribution in [0.25, 0.3) is 0 Å². The topological polar surface area (TPSA) is 60.4 Å². The minimum atomic E-state index is 0.469. The van der Waals surface area contributed by atoms with Gasteiger partial charge in [0.1, 0.15) is 6.61 Å². The highest BCUT2D eigenvalue weighted by Gasteiger charge is 2.23. The first-order chi connectivity index (χ1) is 10.8. The molecule has 22 heavy (non-hydrogen) atoms. The van der Waals surface area contributed by atoms with Gasteiger partial charge in [0, 0.05) is 49.9 Å². The number of pyridine rings is 1. The molecule has 2 aromatic rings. The van der Waals surface area contributed by atoms with Crippen LogP contribution in [0.5, 0.6) is 5.88 Å². The predicted octanol–water partition coefficient (Wildman–Crippen LogP) is 2.37. The molecule has 1 unspecified atom stereocenters. The van der Waals surface area contributed by atoms with Gasteiger partial charge in [0.25, 0.3) is 0 Å². The van der Waals surface area contributed by atoms with Crippen molar-refractivity contribution in [2.24, 2.45) is 5.92 Å². The van der Waals surface area contributed by atoms with E-state index in [1.807, 2.05) is 18.2 Å². The molecule has 1 aliphatic heterocycles. The summed E-state index contributed by atoms with van der Waals surface area (Å²) < 4.78 is 15.2. The Hall–Kier alpha value is -1.73. The molecular formula is C15H20N4O2S. The Bertz CT molecular complexity index is 578. The summed E-state index contributed by atoms with van der Waals surface area (Å²) in [6, 6.07) is 5.72. The molecule has 1 fully saturated rings. The third-order valence-corrected chi connectivity index (χ3v) is 4.44. The zero-order valence-corrected chi connectivity index (χ0v) is 13.5. The van der Waals surface area contributed by atoms with E-state index in [4.69, 9.17) is 9.47 Å². The van der Waals surface area contributed by atoms with Gasteiger partial charge in [-0.2, -0.15) is 4.37 Å². The van der Waals surface area contributed by atoms with Gasteiger partial charge in [-0.1, -0.05) is 6.07 Å². The maximum absolute atomic E-state index is 5.78. The Kier molecular flexibility index (Phi) is 5.18. The van der Waals surface area contributed by atoms with Crippen LogP contribution in [-0.4, -0.2) is 41.1 Å². The van der Waals surface area contributed by atoms with Crippen LogP contribution in [0, 0.1) is 5.92 Å². The fourth-order valence-electron chi connectivity index (χ4n) is 2.57. The van der Waals surface area contributed by atoms with E-state index in [-0.39, 0.29) is 0 Å². The van der Waals surface area contributed by atoms with Crippen LogP contribution in [0.15, 0.2) is 24.4 Å². The number of ether oxygens (including phenoxy) is 2. The first kappa shape index (κ1) is 15.2. The van der Waals surface area contributed by atoms with Crippen molar-refractivity contribution in [1.29, 1.82) is 0 Å². The van der Waals surface area contributed by atoms with Crippen LogP contribution in [0.2, 0.25) is 0 Å². The first-order valence-electron chi connectivity index (χ1n) is 7.45. The minimum Gasteiger partial charge on any atom is -0.477 e. The van der Waals surface area contributed by atoms with Crippen LogP contribution in [0.3, 0.4) is 0 Å². The van der Waals surface area contributed by atoms with Crippen molar-refractivity contribution in [1.82, 2.24) is 14.3 Å². The van der Waals surface area contributed by atoms with E-state index in [1.54, 1.807) is 13.3 Å². The Morgan fingerprint density at radius 1 is 1.41 bits per heavy atom. The second-order valence-corrected chi connectivity index (χ2v) is 6.09. The van der Waals surface area contributed by atoms with E-state index in [2.05, 4.69) is 19.2 Å². The summed E-state index contributed by atoms with van der Waals surface area (Å²) in [4.78, 5) is 11.0. The molecule has 0 bridgehead atoms. The van der Waals surface area contributed by atoms with Crippen LogP contribution < -0.4 is 9.64 Å². The van der Waals surface area contributed by atoms with Crippen LogP contribution in [-0.2, 0) is 11.3 Å². The summed E-state index contributed by atoms with van der Waals surface area (Å²) in [5, 5.41) is 0.981. The molecule has 0 N–H and O–H groups in total. The summed E-state index contributed by atoms with van der Waals surface area (Å²) in [6.45, 7) is 3.14. The van der Waals surface area contributed by atoms with E-state index in [0.717, 1.165) is 30.5 Å². The van der Waals surface area contributed by atoms with E-state index in [9.17, 15) is 0 Å². The van der Waals surface area contributed by atoms with Gasteiger partial charge in [-0.05, 0) is 18.9 Å². The van der Waals surface area contributed by atoms with Crippen LogP contribution in [0.4, 0.5) is 5.13 Å². The van der Waals surface area contributed by atoms with Gasteiger partial charge in [0.05, 0.1) is 6.61 Å². The van der Waals surface area contributed by atoms with E-state index < -0.39 is 0 Å². The second kappa shape index (κ2) is 7.51. The molecule has 118 valence electrons. The van der Waals surface area contributed by atoms with Crippen molar-refractivity contribution in [3.05, 3.63) is 30.2 Å². The lowest BCUT2D eigenvalue weighted by atomic mass is 9.99. The zero-order chi connectivity index (χ0) is 15.2. The largest absolute Gasteiger partial charge is 0.477 e. The lowest BCUT2D eigenvalue weighted by molar-refractivity contribution is 0.179. The standard InChI is InChI=1S/C15H20N4O2S/c1-20-11-13-17-15(22-18-13)19-8-4-5-12(9-19)10-21-14-6-2-3-7-16-14/h2-3,6-7,12H,4-5,8-11H2,1H3. The van der Waals surface area contributed by atoms with E-state index in [0.29, 0.717) is 25.0 Å². The van der Waals surface area contributed by atoms with Gasteiger partial charge in [-0.15, -0.1) is 0 Å². The first-order valence-corrected chi connectivity index (χ1v) is 8.23. The number of hydrogen-bond donors (Lipinski definition) is 0. The van der Waals surface area contributed by atoms with Crippen molar-refractivity contribution < 1.29 is 9.47 Å². The molecule has 1 atom stereocenters. The quantitative estimate of drug-likeness (QED) is 0.814. The zero-order valence-electron chi connectivity index (χ0n) is 12.6. The fourth-order valence-corrected chi connectivity index (χ4v) is 3.28. The molecule has 0 radical (unpaired) electrons. The number of hydrogen-bond acceptors (Lipinski definition) is 7. The maximum Gasteiger partial charge on any atom is 0.213 e. The van der Waals surface area contributed by atoms with Crippen molar-refractivity contribution in [3.8, 4) is 5.88 Å². The number of methoxy groups -OCH3 is 1. The lowest BCUT2D eigenvalue weighted by Crippen LogP contribution is -2.37. The molecule has 0 aromatic carbocycles.